The van der Waals surface area contributed by atoms with Crippen molar-refractivity contribution in [1.82, 2.24) is 19.7 Å². The Labute approximate surface area is 158 Å². The molecule has 1 aromatic carbocycles. The Kier molecular flexibility index (Phi) is 5.98. The van der Waals surface area contributed by atoms with Crippen LogP contribution < -0.4 is 4.74 Å². The van der Waals surface area contributed by atoms with Crippen LogP contribution in [-0.4, -0.2) is 45.5 Å². The number of carbonyl (C=O) groups excluding carboxylic acids is 1. The molecule has 1 aliphatic carbocycles. The lowest BCUT2D eigenvalue weighted by Crippen LogP contribution is -2.27. The molecule has 1 saturated carbocycles. The van der Waals surface area contributed by atoms with Crippen molar-refractivity contribution in [3.63, 3.8) is 0 Å². The maximum Gasteiger partial charge on any atom is 0.233 e. The normalized spacial score (nSPS) is 13.5. The average Bonchev–Trinajstić information content (AvgIpc) is 3.42. The minimum atomic E-state index is 0.0620. The SMILES string of the molecule is C=CCn1c(SCC(=O)N(C)Cc2ccc(OC)cc2)nnc1C1CC1. The molecule has 1 amide bonds. The first kappa shape index (κ1) is 18.5. The fourth-order valence-corrected chi connectivity index (χ4v) is 3.58. The predicted octanol–water partition coefficient (Wildman–Crippen LogP) is 3.10. The number of allylic oxidation sites excluding steroid dienone is 1. The number of benzene rings is 1. The zero-order valence-electron chi connectivity index (χ0n) is 15.2. The van der Waals surface area contributed by atoms with Crippen molar-refractivity contribution in [1.29, 1.82) is 0 Å². The Bertz CT molecular complexity index is 768. The quantitative estimate of drug-likeness (QED) is 0.500. The number of hydrogen-bond acceptors (Lipinski definition) is 5. The first-order valence-electron chi connectivity index (χ1n) is 8.66. The second-order valence-corrected chi connectivity index (χ2v) is 7.34. The monoisotopic (exact) mass is 372 g/mol. The lowest BCUT2D eigenvalue weighted by Gasteiger charge is -2.17. The minimum absolute atomic E-state index is 0.0620. The molecule has 0 radical (unpaired) electrons. The van der Waals surface area contributed by atoms with Gasteiger partial charge in [0.1, 0.15) is 11.6 Å². The highest BCUT2D eigenvalue weighted by molar-refractivity contribution is 7.99. The van der Waals surface area contributed by atoms with Crippen LogP contribution in [0.2, 0.25) is 0 Å². The number of aromatic nitrogens is 3. The molecule has 0 bridgehead atoms. The highest BCUT2D eigenvalue weighted by Crippen LogP contribution is 2.40. The van der Waals surface area contributed by atoms with E-state index in [1.165, 1.54) is 24.6 Å². The molecular weight excluding hydrogens is 348 g/mol. The summed E-state index contributed by atoms with van der Waals surface area (Å²) in [5.41, 5.74) is 1.07. The van der Waals surface area contributed by atoms with Gasteiger partial charge >= 0.3 is 0 Å². The number of carbonyl (C=O) groups is 1. The third-order valence-electron chi connectivity index (χ3n) is 4.33. The van der Waals surface area contributed by atoms with E-state index in [1.54, 1.807) is 12.0 Å². The van der Waals surface area contributed by atoms with Crippen molar-refractivity contribution in [2.45, 2.75) is 37.0 Å². The van der Waals surface area contributed by atoms with Gasteiger partial charge in [0.25, 0.3) is 0 Å². The van der Waals surface area contributed by atoms with Crippen LogP contribution in [0.15, 0.2) is 42.1 Å². The third kappa shape index (κ3) is 4.46. The highest BCUT2D eigenvalue weighted by Gasteiger charge is 2.30. The first-order valence-corrected chi connectivity index (χ1v) is 9.64. The molecule has 1 aliphatic rings. The summed E-state index contributed by atoms with van der Waals surface area (Å²) in [5.74, 6) is 2.75. The lowest BCUT2D eigenvalue weighted by atomic mass is 10.2. The summed E-state index contributed by atoms with van der Waals surface area (Å²) in [4.78, 5) is 14.2. The zero-order chi connectivity index (χ0) is 18.5. The van der Waals surface area contributed by atoms with E-state index >= 15 is 0 Å². The van der Waals surface area contributed by atoms with Gasteiger partial charge in [-0.15, -0.1) is 16.8 Å². The van der Waals surface area contributed by atoms with Crippen molar-refractivity contribution >= 4 is 17.7 Å². The minimum Gasteiger partial charge on any atom is -0.497 e. The summed E-state index contributed by atoms with van der Waals surface area (Å²) in [6.07, 6.45) is 4.18. The molecular formula is C19H24N4O2S. The number of hydrogen-bond donors (Lipinski definition) is 0. The fourth-order valence-electron chi connectivity index (χ4n) is 2.68. The Hall–Kier alpha value is -2.28. The lowest BCUT2D eigenvalue weighted by molar-refractivity contribution is -0.127. The number of nitrogens with zero attached hydrogens (tertiary/aromatic N) is 4. The van der Waals surface area contributed by atoms with Crippen LogP contribution in [0, 0.1) is 0 Å². The topological polar surface area (TPSA) is 60.2 Å². The number of thioether (sulfide) groups is 1. The molecule has 138 valence electrons. The second-order valence-electron chi connectivity index (χ2n) is 6.40. The van der Waals surface area contributed by atoms with Gasteiger partial charge in [0.2, 0.25) is 5.91 Å². The Morgan fingerprint density at radius 2 is 2.12 bits per heavy atom. The van der Waals surface area contributed by atoms with E-state index < -0.39 is 0 Å². The van der Waals surface area contributed by atoms with Crippen LogP contribution in [0.3, 0.4) is 0 Å². The Balaban J connectivity index is 1.56. The van der Waals surface area contributed by atoms with Gasteiger partial charge < -0.3 is 14.2 Å². The molecule has 0 unspecified atom stereocenters. The molecule has 6 nitrogen and oxygen atoms in total. The summed E-state index contributed by atoms with van der Waals surface area (Å²) in [7, 11) is 3.46. The van der Waals surface area contributed by atoms with E-state index in [2.05, 4.69) is 21.3 Å². The van der Waals surface area contributed by atoms with Crippen molar-refractivity contribution in [2.24, 2.45) is 0 Å². The summed E-state index contributed by atoms with van der Waals surface area (Å²) >= 11 is 1.44. The summed E-state index contributed by atoms with van der Waals surface area (Å²) in [6.45, 7) is 5.05. The largest absolute Gasteiger partial charge is 0.497 e. The molecule has 1 heterocycles. The van der Waals surface area contributed by atoms with Gasteiger partial charge in [-0.05, 0) is 30.5 Å². The van der Waals surface area contributed by atoms with Gasteiger partial charge in [0.05, 0.1) is 12.9 Å². The molecule has 0 saturated heterocycles. The van der Waals surface area contributed by atoms with Gasteiger partial charge in [-0.3, -0.25) is 4.79 Å². The highest BCUT2D eigenvalue weighted by atomic mass is 32.2. The molecule has 0 spiro atoms. The summed E-state index contributed by atoms with van der Waals surface area (Å²) in [5, 5.41) is 9.37. The Morgan fingerprint density at radius 1 is 1.38 bits per heavy atom. The molecule has 2 aromatic rings. The number of amides is 1. The van der Waals surface area contributed by atoms with Crippen molar-refractivity contribution in [3.05, 3.63) is 48.3 Å². The maximum atomic E-state index is 12.5. The van der Waals surface area contributed by atoms with Gasteiger partial charge in [-0.1, -0.05) is 30.0 Å². The maximum absolute atomic E-state index is 12.5. The summed E-state index contributed by atoms with van der Waals surface area (Å²) in [6, 6.07) is 7.75. The van der Waals surface area contributed by atoms with E-state index in [0.717, 1.165) is 22.3 Å². The van der Waals surface area contributed by atoms with Crippen LogP contribution in [0.1, 0.15) is 30.1 Å². The molecule has 0 N–H and O–H groups in total. The molecule has 1 fully saturated rings. The van der Waals surface area contributed by atoms with E-state index in [9.17, 15) is 4.79 Å². The second kappa shape index (κ2) is 8.40. The predicted molar refractivity (Wildman–Crippen MR) is 102 cm³/mol. The average molecular weight is 372 g/mol. The van der Waals surface area contributed by atoms with Crippen LogP contribution in [-0.2, 0) is 17.9 Å². The Morgan fingerprint density at radius 3 is 2.73 bits per heavy atom. The van der Waals surface area contributed by atoms with E-state index in [1.807, 2.05) is 37.4 Å². The van der Waals surface area contributed by atoms with E-state index in [-0.39, 0.29) is 5.91 Å². The van der Waals surface area contributed by atoms with Crippen LogP contribution in [0.25, 0.3) is 0 Å². The van der Waals surface area contributed by atoms with Crippen molar-refractivity contribution in [2.75, 3.05) is 19.9 Å². The van der Waals surface area contributed by atoms with Crippen molar-refractivity contribution in [3.8, 4) is 5.75 Å². The van der Waals surface area contributed by atoms with Gasteiger partial charge in [0.15, 0.2) is 5.16 Å². The van der Waals surface area contributed by atoms with E-state index in [0.29, 0.717) is 24.8 Å². The molecule has 1 aromatic heterocycles. The molecule has 0 aliphatic heterocycles. The molecule has 7 heteroatoms. The standard InChI is InChI=1S/C19H24N4O2S/c1-4-11-23-18(15-7-8-15)20-21-19(23)26-13-17(24)22(2)12-14-5-9-16(25-3)10-6-14/h4-6,9-10,15H,1,7-8,11-13H2,2-3H3. The van der Waals surface area contributed by atoms with Crippen molar-refractivity contribution < 1.29 is 9.53 Å². The zero-order valence-corrected chi connectivity index (χ0v) is 16.0. The van der Waals surface area contributed by atoms with Crippen LogP contribution >= 0.6 is 11.8 Å². The molecule has 3 rings (SSSR count). The number of methoxy groups -OCH3 is 1. The number of rotatable bonds is 9. The summed E-state index contributed by atoms with van der Waals surface area (Å²) < 4.78 is 7.23. The van der Waals surface area contributed by atoms with Gasteiger partial charge in [-0.25, -0.2) is 0 Å². The van der Waals surface area contributed by atoms with E-state index in [4.69, 9.17) is 4.74 Å². The van der Waals surface area contributed by atoms with Gasteiger partial charge in [-0.2, -0.15) is 0 Å². The molecule has 0 atom stereocenters. The van der Waals surface area contributed by atoms with Crippen LogP contribution in [0.4, 0.5) is 0 Å². The first-order chi connectivity index (χ1) is 12.6. The molecule has 26 heavy (non-hydrogen) atoms. The third-order valence-corrected chi connectivity index (χ3v) is 5.28. The number of ether oxygens (including phenoxy) is 1. The van der Waals surface area contributed by atoms with Crippen LogP contribution in [0.5, 0.6) is 5.75 Å². The smallest absolute Gasteiger partial charge is 0.233 e. The fraction of sp³-hybridized carbons (Fsp3) is 0.421. The van der Waals surface area contributed by atoms with Gasteiger partial charge in [0, 0.05) is 26.1 Å².